The zero-order valence-corrected chi connectivity index (χ0v) is 17.2. The highest BCUT2D eigenvalue weighted by atomic mass is 35.5. The largest absolute Gasteiger partial charge is 0.490 e. The number of thioether (sulfide) groups is 1. The maximum atomic E-state index is 12.5. The van der Waals surface area contributed by atoms with Crippen LogP contribution < -0.4 is 9.47 Å². The molecule has 1 aromatic carbocycles. The Hall–Kier alpha value is -1.92. The van der Waals surface area contributed by atoms with Gasteiger partial charge >= 0.3 is 0 Å². The van der Waals surface area contributed by atoms with Crippen LogP contribution >= 0.6 is 23.4 Å². The molecule has 0 atom stereocenters. The summed E-state index contributed by atoms with van der Waals surface area (Å²) >= 11 is 7.28. The van der Waals surface area contributed by atoms with E-state index in [1.807, 2.05) is 6.92 Å². The highest BCUT2D eigenvalue weighted by molar-refractivity contribution is 8.18. The quantitative estimate of drug-likeness (QED) is 0.289. The van der Waals surface area contributed by atoms with Gasteiger partial charge in [-0.2, -0.15) is 0 Å². The first-order valence-electron chi connectivity index (χ1n) is 8.97. The van der Waals surface area contributed by atoms with E-state index in [1.165, 1.54) is 4.90 Å². The van der Waals surface area contributed by atoms with Crippen molar-refractivity contribution < 1.29 is 19.1 Å². The Morgan fingerprint density at radius 3 is 2.67 bits per heavy atom. The van der Waals surface area contributed by atoms with Gasteiger partial charge in [-0.1, -0.05) is 44.0 Å². The van der Waals surface area contributed by atoms with Crippen molar-refractivity contribution in [1.29, 1.82) is 0 Å². The fourth-order valence-electron chi connectivity index (χ4n) is 2.58. The lowest BCUT2D eigenvalue weighted by Gasteiger charge is -2.13. The Kier molecular flexibility index (Phi) is 8.25. The number of rotatable bonds is 10. The molecule has 1 aliphatic heterocycles. The third kappa shape index (κ3) is 5.53. The number of carbonyl (C=O) groups is 2. The maximum absolute atomic E-state index is 12.5. The molecule has 7 heteroatoms. The van der Waals surface area contributed by atoms with Crippen molar-refractivity contribution >= 4 is 40.6 Å². The zero-order chi connectivity index (χ0) is 19.8. The molecule has 1 saturated heterocycles. The Labute approximate surface area is 169 Å². The van der Waals surface area contributed by atoms with Crippen molar-refractivity contribution in [3.8, 4) is 11.5 Å². The standard InChI is InChI=1S/C20H24ClNO4S/c1-4-7-8-9-22-19(23)17(27-20(22)24)13-14-11-15(21)18(26-10-5-2)16(12-14)25-6-3/h5,11-13H,2,4,6-10H2,1,3H3/b17-13-. The number of hydrogen-bond donors (Lipinski definition) is 0. The molecule has 2 rings (SSSR count). The number of unbranched alkanes of at least 4 members (excludes halogenated alkanes) is 2. The molecule has 1 aliphatic rings. The molecule has 27 heavy (non-hydrogen) atoms. The van der Waals surface area contributed by atoms with Crippen molar-refractivity contribution in [2.45, 2.75) is 33.1 Å². The molecule has 0 radical (unpaired) electrons. The van der Waals surface area contributed by atoms with Crippen molar-refractivity contribution in [3.05, 3.63) is 40.3 Å². The van der Waals surface area contributed by atoms with Crippen LogP contribution in [0.5, 0.6) is 11.5 Å². The van der Waals surface area contributed by atoms with Crippen LogP contribution in [0, 0.1) is 0 Å². The fourth-order valence-corrected chi connectivity index (χ4v) is 3.72. The van der Waals surface area contributed by atoms with Crippen LogP contribution in [0.1, 0.15) is 38.7 Å². The number of ether oxygens (including phenoxy) is 2. The van der Waals surface area contributed by atoms with Gasteiger partial charge in [-0.3, -0.25) is 14.5 Å². The van der Waals surface area contributed by atoms with E-state index in [9.17, 15) is 9.59 Å². The molecule has 0 aromatic heterocycles. The Morgan fingerprint density at radius 2 is 2.00 bits per heavy atom. The SMILES string of the molecule is C=CCOc1c(Cl)cc(/C=C2\SC(=O)N(CCCCC)C2=O)cc1OCC. The van der Waals surface area contributed by atoms with E-state index >= 15 is 0 Å². The molecule has 0 bridgehead atoms. The van der Waals surface area contributed by atoms with Crippen molar-refractivity contribution in [2.75, 3.05) is 19.8 Å². The van der Waals surface area contributed by atoms with Crippen LogP contribution in [0.2, 0.25) is 5.02 Å². The second kappa shape index (κ2) is 10.4. The van der Waals surface area contributed by atoms with Crippen LogP contribution in [0.15, 0.2) is 29.7 Å². The van der Waals surface area contributed by atoms with Crippen LogP contribution in [0.3, 0.4) is 0 Å². The van der Waals surface area contributed by atoms with Gasteiger partial charge in [0.2, 0.25) is 0 Å². The van der Waals surface area contributed by atoms with E-state index in [1.54, 1.807) is 24.3 Å². The van der Waals surface area contributed by atoms with E-state index in [2.05, 4.69) is 13.5 Å². The molecular weight excluding hydrogens is 386 g/mol. The molecule has 0 saturated carbocycles. The summed E-state index contributed by atoms with van der Waals surface area (Å²) in [5.41, 5.74) is 0.675. The molecule has 1 fully saturated rings. The summed E-state index contributed by atoms with van der Waals surface area (Å²) in [5, 5.41) is 0.139. The summed E-state index contributed by atoms with van der Waals surface area (Å²) in [6, 6.07) is 3.44. The zero-order valence-electron chi connectivity index (χ0n) is 15.6. The minimum atomic E-state index is -0.262. The Balaban J connectivity index is 2.26. The predicted molar refractivity (Wildman–Crippen MR) is 111 cm³/mol. The van der Waals surface area contributed by atoms with E-state index in [0.717, 1.165) is 31.0 Å². The number of benzene rings is 1. The summed E-state index contributed by atoms with van der Waals surface area (Å²) in [5.74, 6) is 0.658. The topological polar surface area (TPSA) is 55.8 Å². The molecule has 0 N–H and O–H groups in total. The highest BCUT2D eigenvalue weighted by Gasteiger charge is 2.34. The van der Waals surface area contributed by atoms with Crippen molar-refractivity contribution in [2.24, 2.45) is 0 Å². The van der Waals surface area contributed by atoms with Gasteiger partial charge in [0.1, 0.15) is 6.61 Å². The predicted octanol–water partition coefficient (Wildman–Crippen LogP) is 5.53. The van der Waals surface area contributed by atoms with Gasteiger partial charge in [-0.25, -0.2) is 0 Å². The van der Waals surface area contributed by atoms with Crippen LogP contribution in [0.4, 0.5) is 4.79 Å². The lowest BCUT2D eigenvalue weighted by Crippen LogP contribution is -2.29. The molecule has 0 aliphatic carbocycles. The van der Waals surface area contributed by atoms with E-state index in [4.69, 9.17) is 21.1 Å². The average Bonchev–Trinajstić information content (AvgIpc) is 2.89. The van der Waals surface area contributed by atoms with Crippen molar-refractivity contribution in [1.82, 2.24) is 4.90 Å². The minimum absolute atomic E-state index is 0.232. The average molecular weight is 410 g/mol. The number of halogens is 1. The minimum Gasteiger partial charge on any atom is -0.490 e. The van der Waals surface area contributed by atoms with Crippen molar-refractivity contribution in [3.63, 3.8) is 0 Å². The molecule has 1 aromatic rings. The number of amides is 2. The smallest absolute Gasteiger partial charge is 0.293 e. The summed E-state index contributed by atoms with van der Waals surface area (Å²) in [4.78, 5) is 26.4. The van der Waals surface area contributed by atoms with Gasteiger partial charge in [0.05, 0.1) is 16.5 Å². The van der Waals surface area contributed by atoms with Crippen LogP contribution in [-0.2, 0) is 4.79 Å². The number of carbonyl (C=O) groups excluding carboxylic acids is 2. The maximum Gasteiger partial charge on any atom is 0.293 e. The van der Waals surface area contributed by atoms with Gasteiger partial charge < -0.3 is 9.47 Å². The number of nitrogens with zero attached hydrogens (tertiary/aromatic N) is 1. The highest BCUT2D eigenvalue weighted by Crippen LogP contribution is 2.39. The molecule has 1 heterocycles. The Morgan fingerprint density at radius 1 is 1.22 bits per heavy atom. The van der Waals surface area contributed by atoms with Gasteiger partial charge in [0, 0.05) is 6.54 Å². The molecular formula is C20H24ClNO4S. The van der Waals surface area contributed by atoms with E-state index < -0.39 is 0 Å². The second-order valence-corrected chi connectivity index (χ2v) is 7.30. The normalized spacial score (nSPS) is 15.5. The summed E-state index contributed by atoms with van der Waals surface area (Å²) in [6.07, 6.45) is 6.12. The second-order valence-electron chi connectivity index (χ2n) is 5.90. The van der Waals surface area contributed by atoms with E-state index in [-0.39, 0.29) is 11.1 Å². The molecule has 146 valence electrons. The molecule has 5 nitrogen and oxygen atoms in total. The molecule has 2 amide bonds. The lowest BCUT2D eigenvalue weighted by atomic mass is 10.1. The monoisotopic (exact) mass is 409 g/mol. The summed E-state index contributed by atoms with van der Waals surface area (Å²) in [6.45, 7) is 8.76. The van der Waals surface area contributed by atoms with Crippen LogP contribution in [-0.4, -0.2) is 35.8 Å². The fraction of sp³-hybridized carbons (Fsp3) is 0.400. The lowest BCUT2D eigenvalue weighted by molar-refractivity contribution is -0.122. The number of imide groups is 1. The first kappa shape index (κ1) is 21.4. The Bertz CT molecular complexity index is 748. The summed E-state index contributed by atoms with van der Waals surface area (Å²) in [7, 11) is 0. The third-order valence-electron chi connectivity index (χ3n) is 3.83. The first-order chi connectivity index (χ1) is 13.0. The van der Waals surface area contributed by atoms with Gasteiger partial charge in [-0.05, 0) is 48.9 Å². The molecule has 0 unspecified atom stereocenters. The van der Waals surface area contributed by atoms with E-state index in [0.29, 0.717) is 46.7 Å². The van der Waals surface area contributed by atoms with Gasteiger partial charge in [-0.15, -0.1) is 0 Å². The van der Waals surface area contributed by atoms with Gasteiger partial charge in [0.15, 0.2) is 11.5 Å². The van der Waals surface area contributed by atoms with Crippen LogP contribution in [0.25, 0.3) is 6.08 Å². The summed E-state index contributed by atoms with van der Waals surface area (Å²) < 4.78 is 11.2. The first-order valence-corrected chi connectivity index (χ1v) is 10.2. The third-order valence-corrected chi connectivity index (χ3v) is 5.02. The molecule has 0 spiro atoms. The van der Waals surface area contributed by atoms with Gasteiger partial charge in [0.25, 0.3) is 11.1 Å². The number of hydrogen-bond acceptors (Lipinski definition) is 5.